The maximum absolute atomic E-state index is 2.62. The Balaban J connectivity index is 1.16. The number of aryl methyl sites for hydroxylation is 1. The molecule has 2 nitrogen and oxygen atoms in total. The highest BCUT2D eigenvalue weighted by molar-refractivity contribution is 7.00. The molecule has 1 aromatic heterocycles. The largest absolute Gasteiger partial charge is 0.311 e. The van der Waals surface area contributed by atoms with E-state index in [-0.39, 0.29) is 6.71 Å². The number of hydrogen-bond donors (Lipinski definition) is 0. The summed E-state index contributed by atoms with van der Waals surface area (Å²) in [5, 5.41) is 5.37. The first-order valence-electron chi connectivity index (χ1n) is 19.6. The van der Waals surface area contributed by atoms with Gasteiger partial charge in [0.2, 0.25) is 0 Å². The molecule has 3 aliphatic rings. The Labute approximate surface area is 325 Å². The quantitative estimate of drug-likeness (QED) is 0.166. The molecule has 13 rings (SSSR count). The summed E-state index contributed by atoms with van der Waals surface area (Å²) in [7, 11) is 0. The first-order valence-corrected chi connectivity index (χ1v) is 19.6. The van der Waals surface area contributed by atoms with Gasteiger partial charge in [0.1, 0.15) is 0 Å². The van der Waals surface area contributed by atoms with E-state index in [4.69, 9.17) is 0 Å². The molecule has 0 atom stereocenters. The highest BCUT2D eigenvalue weighted by Gasteiger charge is 2.43. The normalized spacial score (nSPS) is 13.0. The van der Waals surface area contributed by atoms with Crippen molar-refractivity contribution >= 4 is 72.7 Å². The molecular formula is C53H33BN2. The maximum Gasteiger partial charge on any atom is 0.252 e. The van der Waals surface area contributed by atoms with E-state index >= 15 is 0 Å². The second kappa shape index (κ2) is 11.0. The van der Waals surface area contributed by atoms with E-state index in [0.717, 1.165) is 5.69 Å². The molecule has 258 valence electrons. The number of aromatic nitrogens is 1. The Bertz CT molecular complexity index is 3300. The third kappa shape index (κ3) is 3.91. The molecule has 0 bridgehead atoms. The summed E-state index contributed by atoms with van der Waals surface area (Å²) in [6.07, 6.45) is 0. The van der Waals surface area contributed by atoms with Crippen LogP contribution in [0.5, 0.6) is 0 Å². The van der Waals surface area contributed by atoms with Crippen LogP contribution in [0.15, 0.2) is 182 Å². The number of fused-ring (bicyclic) bond motifs is 8. The Hall–Kier alpha value is -7.10. The fourth-order valence-corrected chi connectivity index (χ4v) is 10.5. The van der Waals surface area contributed by atoms with Gasteiger partial charge < -0.3 is 9.47 Å². The molecule has 0 saturated heterocycles. The van der Waals surface area contributed by atoms with Crippen molar-refractivity contribution in [3.8, 4) is 50.2 Å². The molecule has 3 heterocycles. The monoisotopic (exact) mass is 708 g/mol. The number of anilines is 3. The average Bonchev–Trinajstić information content (AvgIpc) is 3.55. The lowest BCUT2D eigenvalue weighted by Crippen LogP contribution is -2.60. The zero-order chi connectivity index (χ0) is 36.6. The fourth-order valence-electron chi connectivity index (χ4n) is 10.5. The molecule has 0 amide bonds. The standard InChI is InChI=1S/C53H33BN2/c1-32-29-47-52-48(30-32)56-46-28-21-36-15-10-18-41-39-16-8-9-17-40(39)42-25-26-43(53(56)50(42)51(46)49(36)41)54(52)44-31-37(34-13-6-3-7-14-34)22-27-45(44)55(47)38-23-19-35(20-24-38)33-11-4-2-5-12-33/h2-31H,1H3. The van der Waals surface area contributed by atoms with Gasteiger partial charge in [-0.3, -0.25) is 0 Å². The van der Waals surface area contributed by atoms with Crippen molar-refractivity contribution in [2.45, 2.75) is 6.92 Å². The van der Waals surface area contributed by atoms with Gasteiger partial charge in [-0.1, -0.05) is 146 Å². The molecule has 0 radical (unpaired) electrons. The Morgan fingerprint density at radius 2 is 1.05 bits per heavy atom. The topological polar surface area (TPSA) is 8.17 Å². The van der Waals surface area contributed by atoms with Gasteiger partial charge in [-0.2, -0.15) is 0 Å². The lowest BCUT2D eigenvalue weighted by Gasteiger charge is -2.41. The van der Waals surface area contributed by atoms with E-state index in [0.29, 0.717) is 0 Å². The van der Waals surface area contributed by atoms with Gasteiger partial charge in [0.15, 0.2) is 0 Å². The number of nitrogens with zero attached hydrogens (tertiary/aromatic N) is 2. The van der Waals surface area contributed by atoms with Crippen LogP contribution in [0.4, 0.5) is 17.1 Å². The summed E-state index contributed by atoms with van der Waals surface area (Å²) in [5.74, 6) is 0. The van der Waals surface area contributed by atoms with Crippen molar-refractivity contribution in [3.63, 3.8) is 0 Å². The van der Waals surface area contributed by atoms with Crippen LogP contribution in [0.3, 0.4) is 0 Å². The van der Waals surface area contributed by atoms with Crippen LogP contribution in [0.1, 0.15) is 5.56 Å². The van der Waals surface area contributed by atoms with Gasteiger partial charge in [0.05, 0.1) is 11.0 Å². The number of rotatable bonds is 3. The second-order valence-corrected chi connectivity index (χ2v) is 15.7. The summed E-state index contributed by atoms with van der Waals surface area (Å²) in [6.45, 7) is 2.31. The lowest BCUT2D eigenvalue weighted by molar-refractivity contribution is 1.17. The predicted octanol–water partition coefficient (Wildman–Crippen LogP) is 11.8. The van der Waals surface area contributed by atoms with Gasteiger partial charge in [0.25, 0.3) is 6.71 Å². The van der Waals surface area contributed by atoms with Gasteiger partial charge in [0, 0.05) is 33.5 Å². The minimum absolute atomic E-state index is 0.0502. The van der Waals surface area contributed by atoms with Crippen molar-refractivity contribution < 1.29 is 0 Å². The average molecular weight is 709 g/mol. The molecular weight excluding hydrogens is 675 g/mol. The van der Waals surface area contributed by atoms with E-state index in [1.54, 1.807) is 0 Å². The minimum Gasteiger partial charge on any atom is -0.311 e. The van der Waals surface area contributed by atoms with Crippen LogP contribution in [0.25, 0.3) is 82.8 Å². The van der Waals surface area contributed by atoms with Crippen molar-refractivity contribution in [2.75, 3.05) is 4.90 Å². The molecule has 56 heavy (non-hydrogen) atoms. The molecule has 10 aromatic rings. The fraction of sp³-hybridized carbons (Fsp3) is 0.0189. The Kier molecular flexibility index (Phi) is 5.94. The van der Waals surface area contributed by atoms with Gasteiger partial charge in [-0.05, 0) is 121 Å². The van der Waals surface area contributed by atoms with E-state index in [2.05, 4.69) is 198 Å². The first kappa shape index (κ1) is 30.3. The van der Waals surface area contributed by atoms with Crippen LogP contribution >= 0.6 is 0 Å². The molecule has 0 spiro atoms. The Morgan fingerprint density at radius 1 is 0.411 bits per heavy atom. The van der Waals surface area contributed by atoms with Crippen molar-refractivity contribution in [1.29, 1.82) is 0 Å². The second-order valence-electron chi connectivity index (χ2n) is 15.7. The molecule has 2 aliphatic heterocycles. The molecule has 0 unspecified atom stereocenters. The molecule has 0 saturated carbocycles. The first-order chi connectivity index (χ1) is 27.7. The van der Waals surface area contributed by atoms with Gasteiger partial charge in [-0.15, -0.1) is 0 Å². The van der Waals surface area contributed by atoms with Crippen molar-refractivity contribution in [1.82, 2.24) is 4.57 Å². The van der Waals surface area contributed by atoms with E-state index < -0.39 is 0 Å². The SMILES string of the molecule is Cc1cc2c3c(c1)-n1c4ccc5cccc6c5c4c4c(ccc(c41)B3c1cc(-c3ccccc3)ccc1N2c1ccc(-c2ccccc2)cc1)-c1ccccc1-6. The summed E-state index contributed by atoms with van der Waals surface area (Å²) >= 11 is 0. The summed E-state index contributed by atoms with van der Waals surface area (Å²) in [4.78, 5) is 2.52. The summed E-state index contributed by atoms with van der Waals surface area (Å²) in [5.41, 5.74) is 23.0. The third-order valence-electron chi connectivity index (χ3n) is 12.7. The highest BCUT2D eigenvalue weighted by Crippen LogP contribution is 2.51. The summed E-state index contributed by atoms with van der Waals surface area (Å²) in [6, 6.07) is 68.2. The molecule has 0 N–H and O–H groups in total. The molecule has 1 aliphatic carbocycles. The van der Waals surface area contributed by atoms with Crippen molar-refractivity contribution in [2.24, 2.45) is 0 Å². The number of hydrogen-bond acceptors (Lipinski definition) is 1. The van der Waals surface area contributed by atoms with E-state index in [9.17, 15) is 0 Å². The van der Waals surface area contributed by atoms with Crippen LogP contribution in [-0.4, -0.2) is 11.3 Å². The molecule has 0 fully saturated rings. The van der Waals surface area contributed by atoms with E-state index in [1.165, 1.54) is 116 Å². The molecule has 9 aromatic carbocycles. The zero-order valence-electron chi connectivity index (χ0n) is 30.8. The Morgan fingerprint density at radius 3 is 1.82 bits per heavy atom. The summed E-state index contributed by atoms with van der Waals surface area (Å²) < 4.78 is 2.62. The minimum atomic E-state index is 0.0502. The molecule has 3 heteroatoms. The van der Waals surface area contributed by atoms with Crippen LogP contribution in [0.2, 0.25) is 0 Å². The van der Waals surface area contributed by atoms with Gasteiger partial charge >= 0.3 is 0 Å². The van der Waals surface area contributed by atoms with E-state index in [1.807, 2.05) is 0 Å². The lowest BCUT2D eigenvalue weighted by atomic mass is 9.33. The van der Waals surface area contributed by atoms with Gasteiger partial charge in [-0.25, -0.2) is 0 Å². The smallest absolute Gasteiger partial charge is 0.252 e. The highest BCUT2D eigenvalue weighted by atomic mass is 15.2. The zero-order valence-corrected chi connectivity index (χ0v) is 30.8. The predicted molar refractivity (Wildman–Crippen MR) is 238 cm³/mol. The van der Waals surface area contributed by atoms with Crippen molar-refractivity contribution in [3.05, 3.63) is 188 Å². The van der Waals surface area contributed by atoms with Crippen LogP contribution in [0, 0.1) is 6.92 Å². The van der Waals surface area contributed by atoms with Crippen LogP contribution in [-0.2, 0) is 0 Å². The van der Waals surface area contributed by atoms with Crippen LogP contribution < -0.4 is 21.3 Å². The third-order valence-corrected chi connectivity index (χ3v) is 12.7. The number of benzene rings is 9. The maximum atomic E-state index is 2.62.